The van der Waals surface area contributed by atoms with Crippen molar-refractivity contribution in [2.24, 2.45) is 0 Å². The van der Waals surface area contributed by atoms with Gasteiger partial charge in [-0.3, -0.25) is 0 Å². The molecule has 3 rings (SSSR count). The van der Waals surface area contributed by atoms with Gasteiger partial charge in [-0.25, -0.2) is 18.7 Å². The van der Waals surface area contributed by atoms with Crippen molar-refractivity contribution in [3.05, 3.63) is 47.7 Å². The van der Waals surface area contributed by atoms with E-state index in [0.29, 0.717) is 5.52 Å². The number of fused-ring (bicyclic) bond motifs is 1. The molecule has 150 valence electrons. The maximum absolute atomic E-state index is 15.1. The van der Waals surface area contributed by atoms with E-state index in [-0.39, 0.29) is 34.0 Å². The molecule has 1 heterocycles. The van der Waals surface area contributed by atoms with Gasteiger partial charge in [0.15, 0.2) is 5.82 Å². The zero-order valence-electron chi connectivity index (χ0n) is 16.2. The van der Waals surface area contributed by atoms with Crippen molar-refractivity contribution in [2.45, 2.75) is 13.3 Å². The van der Waals surface area contributed by atoms with Gasteiger partial charge < -0.3 is 14.4 Å². The Morgan fingerprint density at radius 3 is 2.76 bits per heavy atom. The van der Waals surface area contributed by atoms with Crippen molar-refractivity contribution in [1.82, 2.24) is 9.97 Å². The van der Waals surface area contributed by atoms with Crippen LogP contribution < -0.4 is 14.4 Å². The van der Waals surface area contributed by atoms with Gasteiger partial charge in [0.2, 0.25) is 5.88 Å². The van der Waals surface area contributed by atoms with Crippen LogP contribution in [0.1, 0.15) is 18.9 Å². The Hall–Kier alpha value is -3.12. The number of anilines is 3. The predicted molar refractivity (Wildman–Crippen MR) is 112 cm³/mol. The van der Waals surface area contributed by atoms with Crippen LogP contribution >= 0.6 is 11.9 Å². The summed E-state index contributed by atoms with van der Waals surface area (Å²) >= 11 is 1.44. The summed E-state index contributed by atoms with van der Waals surface area (Å²) in [7, 11) is 3.16. The molecule has 0 fully saturated rings. The number of benzene rings is 2. The Labute approximate surface area is 171 Å². The average molecular weight is 415 g/mol. The van der Waals surface area contributed by atoms with Crippen molar-refractivity contribution < 1.29 is 13.5 Å². The molecule has 0 saturated heterocycles. The second-order valence-electron chi connectivity index (χ2n) is 6.09. The van der Waals surface area contributed by atoms with E-state index in [1.165, 1.54) is 37.4 Å². The van der Waals surface area contributed by atoms with Crippen molar-refractivity contribution in [3.63, 3.8) is 0 Å². The number of nitrogens with one attached hydrogen (secondary N) is 1. The molecule has 0 unspecified atom stereocenters. The topological polar surface area (TPSA) is 74.1 Å². The summed E-state index contributed by atoms with van der Waals surface area (Å²) < 4.78 is 36.2. The minimum atomic E-state index is -0.763. The number of halogens is 2. The summed E-state index contributed by atoms with van der Waals surface area (Å²) in [6, 6.07) is 7.78. The van der Waals surface area contributed by atoms with Crippen molar-refractivity contribution >= 4 is 40.0 Å². The van der Waals surface area contributed by atoms with Crippen molar-refractivity contribution in [1.29, 1.82) is 5.26 Å². The van der Waals surface area contributed by atoms with Crippen LogP contribution in [0.2, 0.25) is 0 Å². The van der Waals surface area contributed by atoms with Crippen LogP contribution in [0.4, 0.5) is 25.8 Å². The molecule has 0 aliphatic heterocycles. The zero-order chi connectivity index (χ0) is 21.0. The quantitative estimate of drug-likeness (QED) is 0.543. The molecular formula is C20H19F2N5OS. The van der Waals surface area contributed by atoms with Crippen LogP contribution in [0.25, 0.3) is 11.0 Å². The van der Waals surface area contributed by atoms with Gasteiger partial charge >= 0.3 is 0 Å². The Morgan fingerprint density at radius 2 is 2.07 bits per heavy atom. The smallest absolute Gasteiger partial charge is 0.232 e. The Bertz CT molecular complexity index is 1090. The highest BCUT2D eigenvalue weighted by Gasteiger charge is 2.19. The van der Waals surface area contributed by atoms with E-state index in [4.69, 9.17) is 4.74 Å². The molecule has 0 bridgehead atoms. The zero-order valence-corrected chi connectivity index (χ0v) is 17.0. The van der Waals surface area contributed by atoms with Crippen LogP contribution in [0, 0.1) is 23.0 Å². The van der Waals surface area contributed by atoms with Gasteiger partial charge in [-0.15, -0.1) is 0 Å². The Balaban J connectivity index is 2.06. The van der Waals surface area contributed by atoms with E-state index < -0.39 is 11.6 Å². The number of hydrogen-bond donors (Lipinski definition) is 1. The van der Waals surface area contributed by atoms with Gasteiger partial charge in [0, 0.05) is 12.8 Å². The number of rotatable bonds is 7. The monoisotopic (exact) mass is 415 g/mol. The second-order valence-corrected chi connectivity index (χ2v) is 7.31. The van der Waals surface area contributed by atoms with Crippen LogP contribution in [0.3, 0.4) is 0 Å². The third kappa shape index (κ3) is 4.17. The first-order chi connectivity index (χ1) is 14.0. The molecule has 9 heteroatoms. The lowest BCUT2D eigenvalue weighted by atomic mass is 10.1. The van der Waals surface area contributed by atoms with E-state index in [1.807, 2.05) is 13.0 Å². The molecule has 0 saturated carbocycles. The second kappa shape index (κ2) is 8.92. The molecule has 1 aromatic heterocycles. The van der Waals surface area contributed by atoms with Gasteiger partial charge in [0.05, 0.1) is 30.2 Å². The standard InChI is InChI=1S/C20H19F2N5OS/c1-4-9-29-27(2)16-8-5-13(21)20(18(16)22)25-14-6-7-15-19(12(14)10-23)26-17(28-3)11-24-15/h5-8,11,25H,4,9H2,1-3H3. The highest BCUT2D eigenvalue weighted by atomic mass is 32.2. The molecule has 1 N–H and O–H groups in total. The normalized spacial score (nSPS) is 10.6. The third-order valence-corrected chi connectivity index (χ3v) is 5.35. The SMILES string of the molecule is CCCSN(C)c1ccc(F)c(Nc2ccc3ncc(OC)nc3c2C#N)c1F. The van der Waals surface area contributed by atoms with Crippen molar-refractivity contribution in [3.8, 4) is 11.9 Å². The molecule has 0 spiro atoms. The number of methoxy groups -OCH3 is 1. The van der Waals surface area contributed by atoms with Gasteiger partial charge in [-0.05, 0) is 30.7 Å². The van der Waals surface area contributed by atoms with E-state index in [2.05, 4.69) is 15.3 Å². The van der Waals surface area contributed by atoms with E-state index in [9.17, 15) is 9.65 Å². The van der Waals surface area contributed by atoms with Crippen LogP contribution in [-0.4, -0.2) is 29.9 Å². The summed E-state index contributed by atoms with van der Waals surface area (Å²) in [5, 5.41) is 12.4. The minimum Gasteiger partial charge on any atom is -0.480 e. The first-order valence-corrected chi connectivity index (χ1v) is 9.79. The summed E-state index contributed by atoms with van der Waals surface area (Å²) in [5.41, 5.74) is 1.00. The number of nitrogens with zero attached hydrogens (tertiary/aromatic N) is 4. The summed E-state index contributed by atoms with van der Waals surface area (Å²) in [4.78, 5) is 8.43. The van der Waals surface area contributed by atoms with Gasteiger partial charge in [-0.1, -0.05) is 18.9 Å². The fourth-order valence-electron chi connectivity index (χ4n) is 2.71. The van der Waals surface area contributed by atoms with Crippen LogP contribution in [-0.2, 0) is 0 Å². The van der Waals surface area contributed by atoms with Crippen LogP contribution in [0.5, 0.6) is 5.88 Å². The lowest BCUT2D eigenvalue weighted by Gasteiger charge is -2.20. The number of ether oxygens (including phenoxy) is 1. The Kier molecular flexibility index (Phi) is 6.34. The van der Waals surface area contributed by atoms with Crippen molar-refractivity contribution in [2.75, 3.05) is 29.5 Å². The number of nitriles is 1. The highest BCUT2D eigenvalue weighted by Crippen LogP contribution is 2.34. The lowest BCUT2D eigenvalue weighted by molar-refractivity contribution is 0.397. The van der Waals surface area contributed by atoms with E-state index >= 15 is 4.39 Å². The predicted octanol–water partition coefficient (Wildman–Crippen LogP) is 5.03. The number of aromatic nitrogens is 2. The summed E-state index contributed by atoms with van der Waals surface area (Å²) in [5.74, 6) is -0.461. The largest absolute Gasteiger partial charge is 0.480 e. The fourth-order valence-corrected chi connectivity index (χ4v) is 3.45. The Morgan fingerprint density at radius 1 is 1.28 bits per heavy atom. The fraction of sp³-hybridized carbons (Fsp3) is 0.250. The first kappa shape index (κ1) is 20.6. The van der Waals surface area contributed by atoms with E-state index in [1.54, 1.807) is 23.5 Å². The van der Waals surface area contributed by atoms with Gasteiger partial charge in [-0.2, -0.15) is 5.26 Å². The molecule has 0 radical (unpaired) electrons. The molecule has 0 atom stereocenters. The maximum Gasteiger partial charge on any atom is 0.232 e. The van der Waals surface area contributed by atoms with Gasteiger partial charge in [0.25, 0.3) is 0 Å². The molecule has 6 nitrogen and oxygen atoms in total. The summed E-state index contributed by atoms with van der Waals surface area (Å²) in [6.45, 7) is 2.02. The maximum atomic E-state index is 15.1. The molecule has 3 aromatic rings. The minimum absolute atomic E-state index is 0.117. The third-order valence-electron chi connectivity index (χ3n) is 4.17. The van der Waals surface area contributed by atoms with E-state index in [0.717, 1.165) is 12.2 Å². The number of hydrogen-bond acceptors (Lipinski definition) is 7. The molecule has 2 aromatic carbocycles. The molecule has 0 aliphatic carbocycles. The van der Waals surface area contributed by atoms with Crippen LogP contribution in [0.15, 0.2) is 30.5 Å². The first-order valence-electron chi connectivity index (χ1n) is 8.85. The lowest BCUT2D eigenvalue weighted by Crippen LogP contribution is -2.11. The molecule has 29 heavy (non-hydrogen) atoms. The summed E-state index contributed by atoms with van der Waals surface area (Å²) in [6.07, 6.45) is 2.36. The van der Waals surface area contributed by atoms with Gasteiger partial charge in [0.1, 0.15) is 28.7 Å². The molecule has 0 aliphatic rings. The molecule has 0 amide bonds. The molecular weight excluding hydrogens is 396 g/mol. The average Bonchev–Trinajstić information content (AvgIpc) is 2.74. The highest BCUT2D eigenvalue weighted by molar-refractivity contribution is 8.00.